The number of halogens is 3. The van der Waals surface area contributed by atoms with E-state index in [9.17, 15) is 18.0 Å². The van der Waals surface area contributed by atoms with Crippen molar-refractivity contribution in [1.82, 2.24) is 0 Å². The summed E-state index contributed by atoms with van der Waals surface area (Å²) in [7, 11) is 0. The maximum absolute atomic E-state index is 12.6. The molecular weight excluding hydrogens is 307 g/mol. The normalized spacial score (nSPS) is 11.3. The fourth-order valence-corrected chi connectivity index (χ4v) is 2.05. The Morgan fingerprint density at radius 2 is 1.70 bits per heavy atom. The highest BCUT2D eigenvalue weighted by Crippen LogP contribution is 2.32. The van der Waals surface area contributed by atoms with Crippen LogP contribution in [-0.2, 0) is 6.18 Å². The van der Waals surface area contributed by atoms with E-state index in [1.54, 1.807) is 18.2 Å². The second-order valence-corrected chi connectivity index (χ2v) is 4.94. The van der Waals surface area contributed by atoms with Crippen molar-refractivity contribution in [3.05, 3.63) is 53.6 Å². The third-order valence-electron chi connectivity index (χ3n) is 3.29. The predicted octanol–water partition coefficient (Wildman–Crippen LogP) is 3.91. The van der Waals surface area contributed by atoms with Crippen LogP contribution in [0.25, 0.3) is 11.1 Å². The number of ether oxygens (including phenoxy) is 1. The lowest BCUT2D eigenvalue weighted by Gasteiger charge is -2.11. The van der Waals surface area contributed by atoms with Gasteiger partial charge in [0.2, 0.25) is 0 Å². The molecule has 0 saturated carbocycles. The molecule has 0 aliphatic rings. The molecule has 0 amide bonds. The summed E-state index contributed by atoms with van der Waals surface area (Å²) in [6.07, 6.45) is -3.05. The standard InChI is InChI=1S/C17H16F3NO2/c18-17(19,20)15-6-4-12(5-7-15)13-2-3-14(11-22)16(10-13)23-9-1-8-21/h2-7,10-11H,1,8-9,21H2. The average Bonchev–Trinajstić information content (AvgIpc) is 2.54. The Morgan fingerprint density at radius 1 is 1.04 bits per heavy atom. The highest BCUT2D eigenvalue weighted by Gasteiger charge is 2.29. The van der Waals surface area contributed by atoms with Crippen molar-refractivity contribution in [2.45, 2.75) is 12.6 Å². The smallest absolute Gasteiger partial charge is 0.416 e. The number of nitrogens with two attached hydrogens (primary N) is 1. The van der Waals surface area contributed by atoms with E-state index in [0.717, 1.165) is 12.1 Å². The average molecular weight is 323 g/mol. The lowest BCUT2D eigenvalue weighted by Crippen LogP contribution is -2.07. The molecule has 0 atom stereocenters. The van der Waals surface area contributed by atoms with Crippen molar-refractivity contribution in [3.8, 4) is 16.9 Å². The molecule has 0 fully saturated rings. The zero-order valence-electron chi connectivity index (χ0n) is 12.3. The molecule has 0 aliphatic carbocycles. The maximum Gasteiger partial charge on any atom is 0.416 e. The Hall–Kier alpha value is -2.34. The predicted molar refractivity (Wildman–Crippen MR) is 81.4 cm³/mol. The molecule has 0 unspecified atom stereocenters. The van der Waals surface area contributed by atoms with Gasteiger partial charge in [-0.3, -0.25) is 4.79 Å². The first-order chi connectivity index (χ1) is 11.0. The second-order valence-electron chi connectivity index (χ2n) is 4.94. The van der Waals surface area contributed by atoms with Crippen LogP contribution in [0.1, 0.15) is 22.3 Å². The molecule has 122 valence electrons. The summed E-state index contributed by atoms with van der Waals surface area (Å²) in [5.74, 6) is 0.394. The van der Waals surface area contributed by atoms with Crippen LogP contribution in [0.5, 0.6) is 5.75 Å². The molecule has 0 saturated heterocycles. The van der Waals surface area contributed by atoms with Gasteiger partial charge in [0.15, 0.2) is 6.29 Å². The van der Waals surface area contributed by atoms with Crippen molar-refractivity contribution < 1.29 is 22.7 Å². The number of hydrogen-bond acceptors (Lipinski definition) is 3. The van der Waals surface area contributed by atoms with E-state index in [1.165, 1.54) is 12.1 Å². The summed E-state index contributed by atoms with van der Waals surface area (Å²) < 4.78 is 43.3. The van der Waals surface area contributed by atoms with E-state index in [-0.39, 0.29) is 0 Å². The van der Waals surface area contributed by atoms with Crippen LogP contribution >= 0.6 is 0 Å². The van der Waals surface area contributed by atoms with Gasteiger partial charge in [0.05, 0.1) is 17.7 Å². The minimum absolute atomic E-state index is 0.369. The van der Waals surface area contributed by atoms with Gasteiger partial charge in [0.1, 0.15) is 5.75 Å². The number of rotatable bonds is 6. The summed E-state index contributed by atoms with van der Waals surface area (Å²) in [4.78, 5) is 11.0. The Balaban J connectivity index is 2.28. The SMILES string of the molecule is NCCCOc1cc(-c2ccc(C(F)(F)F)cc2)ccc1C=O. The Bertz CT molecular complexity index is 667. The molecule has 0 spiro atoms. The first kappa shape index (κ1) is 17.0. The number of benzene rings is 2. The summed E-state index contributed by atoms with van der Waals surface area (Å²) in [6.45, 7) is 0.836. The quantitative estimate of drug-likeness (QED) is 0.648. The van der Waals surface area contributed by atoms with Gasteiger partial charge in [0, 0.05) is 0 Å². The highest BCUT2D eigenvalue weighted by molar-refractivity contribution is 5.81. The second kappa shape index (κ2) is 7.28. The van der Waals surface area contributed by atoms with Crippen molar-refractivity contribution in [2.24, 2.45) is 5.73 Å². The Kier molecular flexibility index (Phi) is 5.39. The molecule has 0 bridgehead atoms. The van der Waals surface area contributed by atoms with E-state index < -0.39 is 11.7 Å². The number of alkyl halides is 3. The fraction of sp³-hybridized carbons (Fsp3) is 0.235. The number of carbonyl (C=O) groups excluding carboxylic acids is 1. The van der Waals surface area contributed by atoms with Crippen LogP contribution in [0.15, 0.2) is 42.5 Å². The third kappa shape index (κ3) is 4.32. The summed E-state index contributed by atoms with van der Waals surface area (Å²) in [6, 6.07) is 9.73. The Morgan fingerprint density at radius 3 is 2.26 bits per heavy atom. The van der Waals surface area contributed by atoms with Crippen LogP contribution in [0.2, 0.25) is 0 Å². The van der Waals surface area contributed by atoms with E-state index in [0.29, 0.717) is 48.3 Å². The fourth-order valence-electron chi connectivity index (χ4n) is 2.05. The van der Waals surface area contributed by atoms with Gasteiger partial charge in [0.25, 0.3) is 0 Å². The molecule has 6 heteroatoms. The van der Waals surface area contributed by atoms with Crippen molar-refractivity contribution in [3.63, 3.8) is 0 Å². The van der Waals surface area contributed by atoms with Gasteiger partial charge in [-0.15, -0.1) is 0 Å². The largest absolute Gasteiger partial charge is 0.493 e. The van der Waals surface area contributed by atoms with Gasteiger partial charge in [-0.05, 0) is 48.4 Å². The molecule has 2 aromatic rings. The molecule has 0 aromatic heterocycles. The maximum atomic E-state index is 12.6. The minimum atomic E-state index is -4.36. The lowest BCUT2D eigenvalue weighted by atomic mass is 10.0. The van der Waals surface area contributed by atoms with E-state index in [1.807, 2.05) is 0 Å². The van der Waals surface area contributed by atoms with Gasteiger partial charge in [-0.1, -0.05) is 18.2 Å². The highest BCUT2D eigenvalue weighted by atomic mass is 19.4. The zero-order valence-corrected chi connectivity index (χ0v) is 12.3. The van der Waals surface area contributed by atoms with Crippen LogP contribution in [0.3, 0.4) is 0 Å². The summed E-state index contributed by atoms with van der Waals surface area (Å²) in [5, 5.41) is 0. The molecular formula is C17H16F3NO2. The lowest BCUT2D eigenvalue weighted by molar-refractivity contribution is -0.137. The van der Waals surface area contributed by atoms with Gasteiger partial charge >= 0.3 is 6.18 Å². The molecule has 0 heterocycles. The van der Waals surface area contributed by atoms with E-state index >= 15 is 0 Å². The van der Waals surface area contributed by atoms with E-state index in [4.69, 9.17) is 10.5 Å². The number of aldehydes is 1. The molecule has 0 radical (unpaired) electrons. The van der Waals surface area contributed by atoms with Crippen LogP contribution < -0.4 is 10.5 Å². The summed E-state index contributed by atoms with van der Waals surface area (Å²) >= 11 is 0. The number of hydrogen-bond donors (Lipinski definition) is 1. The molecule has 23 heavy (non-hydrogen) atoms. The first-order valence-electron chi connectivity index (χ1n) is 7.05. The van der Waals surface area contributed by atoms with Crippen LogP contribution in [0, 0.1) is 0 Å². The van der Waals surface area contributed by atoms with E-state index in [2.05, 4.69) is 0 Å². The molecule has 2 rings (SSSR count). The zero-order chi connectivity index (χ0) is 16.9. The molecule has 2 N–H and O–H groups in total. The molecule has 3 nitrogen and oxygen atoms in total. The molecule has 2 aromatic carbocycles. The summed E-state index contributed by atoms with van der Waals surface area (Å²) in [5.41, 5.74) is 6.36. The van der Waals surface area contributed by atoms with Crippen LogP contribution in [0.4, 0.5) is 13.2 Å². The topological polar surface area (TPSA) is 52.3 Å². The van der Waals surface area contributed by atoms with Gasteiger partial charge in [-0.25, -0.2) is 0 Å². The van der Waals surface area contributed by atoms with Crippen molar-refractivity contribution >= 4 is 6.29 Å². The third-order valence-corrected chi connectivity index (χ3v) is 3.29. The van der Waals surface area contributed by atoms with Gasteiger partial charge < -0.3 is 10.5 Å². The van der Waals surface area contributed by atoms with Crippen molar-refractivity contribution in [1.29, 1.82) is 0 Å². The molecule has 0 aliphatic heterocycles. The minimum Gasteiger partial charge on any atom is -0.493 e. The number of carbonyl (C=O) groups is 1. The van der Waals surface area contributed by atoms with Crippen LogP contribution in [-0.4, -0.2) is 19.4 Å². The Labute approximate surface area is 131 Å². The van der Waals surface area contributed by atoms with Crippen molar-refractivity contribution in [2.75, 3.05) is 13.2 Å². The first-order valence-corrected chi connectivity index (χ1v) is 7.05. The van der Waals surface area contributed by atoms with Gasteiger partial charge in [-0.2, -0.15) is 13.2 Å². The monoisotopic (exact) mass is 323 g/mol.